The summed E-state index contributed by atoms with van der Waals surface area (Å²) in [5.74, 6) is -0.569. The second kappa shape index (κ2) is 6.91. The molecule has 0 N–H and O–H groups in total. The number of nitro groups is 1. The molecule has 1 aromatic heterocycles. The summed E-state index contributed by atoms with van der Waals surface area (Å²) in [6.07, 6.45) is 0. The number of methoxy groups -OCH3 is 1. The Balaban J connectivity index is 1.97. The monoisotopic (exact) mass is 308 g/mol. The molecule has 2 aromatic rings. The van der Waals surface area contributed by atoms with Gasteiger partial charge in [0.2, 0.25) is 0 Å². The quantitative estimate of drug-likeness (QED) is 0.462. The average molecular weight is 308 g/mol. The molecule has 110 valence electrons. The first-order chi connectivity index (χ1) is 10.1. The van der Waals surface area contributed by atoms with Crippen LogP contribution in [0.5, 0.6) is 0 Å². The molecule has 21 heavy (non-hydrogen) atoms. The minimum Gasteiger partial charge on any atom is -0.456 e. The van der Waals surface area contributed by atoms with Crippen LogP contribution in [0.15, 0.2) is 29.6 Å². The number of nitro benzene ring substituents is 1. The van der Waals surface area contributed by atoms with Crippen molar-refractivity contribution in [3.05, 3.63) is 56.0 Å². The van der Waals surface area contributed by atoms with Gasteiger partial charge in [-0.05, 0) is 5.56 Å². The third kappa shape index (κ3) is 4.07. The fourth-order valence-electron chi connectivity index (χ4n) is 1.58. The van der Waals surface area contributed by atoms with Crippen LogP contribution in [0.1, 0.15) is 21.1 Å². The lowest BCUT2D eigenvalue weighted by Gasteiger charge is -2.03. The number of hydrogen-bond acceptors (Lipinski definition) is 7. The first-order valence-corrected chi connectivity index (χ1v) is 6.82. The van der Waals surface area contributed by atoms with Crippen LogP contribution in [0.25, 0.3) is 0 Å². The van der Waals surface area contributed by atoms with E-state index in [0.717, 1.165) is 0 Å². The van der Waals surface area contributed by atoms with Crippen molar-refractivity contribution in [1.82, 2.24) is 4.98 Å². The van der Waals surface area contributed by atoms with E-state index in [9.17, 15) is 14.9 Å². The Morgan fingerprint density at radius 2 is 2.24 bits per heavy atom. The molecule has 0 spiro atoms. The molecule has 0 fully saturated rings. The number of hydrogen-bond donors (Lipinski definition) is 0. The zero-order valence-electron chi connectivity index (χ0n) is 11.1. The maximum Gasteiger partial charge on any atom is 0.358 e. The van der Waals surface area contributed by atoms with E-state index < -0.39 is 10.9 Å². The van der Waals surface area contributed by atoms with Gasteiger partial charge in [-0.25, -0.2) is 9.78 Å². The number of non-ortho nitro benzene ring substituents is 1. The highest BCUT2D eigenvalue weighted by Crippen LogP contribution is 2.15. The molecule has 0 aliphatic carbocycles. The summed E-state index contributed by atoms with van der Waals surface area (Å²) in [6, 6.07) is 5.94. The van der Waals surface area contributed by atoms with Gasteiger partial charge in [0, 0.05) is 24.6 Å². The molecule has 0 radical (unpaired) electrons. The van der Waals surface area contributed by atoms with E-state index in [4.69, 9.17) is 9.47 Å². The summed E-state index contributed by atoms with van der Waals surface area (Å²) in [7, 11) is 1.54. The molecule has 2 rings (SSSR count). The molecule has 0 unspecified atom stereocenters. The summed E-state index contributed by atoms with van der Waals surface area (Å²) >= 11 is 1.30. The summed E-state index contributed by atoms with van der Waals surface area (Å²) in [4.78, 5) is 26.0. The van der Waals surface area contributed by atoms with Gasteiger partial charge in [-0.2, -0.15) is 0 Å². The Kier molecular flexibility index (Phi) is 4.96. The highest BCUT2D eigenvalue weighted by atomic mass is 32.1. The molecule has 1 aromatic carbocycles. The van der Waals surface area contributed by atoms with Crippen LogP contribution in [-0.2, 0) is 22.7 Å². The van der Waals surface area contributed by atoms with E-state index in [1.54, 1.807) is 24.6 Å². The molecule has 8 heteroatoms. The number of rotatable bonds is 6. The third-order valence-corrected chi connectivity index (χ3v) is 3.34. The van der Waals surface area contributed by atoms with Gasteiger partial charge in [0.05, 0.1) is 11.5 Å². The van der Waals surface area contributed by atoms with Crippen LogP contribution in [0.2, 0.25) is 0 Å². The average Bonchev–Trinajstić information content (AvgIpc) is 2.94. The van der Waals surface area contributed by atoms with Crippen molar-refractivity contribution in [1.29, 1.82) is 0 Å². The van der Waals surface area contributed by atoms with Crippen molar-refractivity contribution in [3.63, 3.8) is 0 Å². The minimum absolute atomic E-state index is 0.0420. The van der Waals surface area contributed by atoms with Crippen LogP contribution in [0.3, 0.4) is 0 Å². The number of nitrogens with zero attached hydrogens (tertiary/aromatic N) is 2. The maximum absolute atomic E-state index is 11.8. The predicted molar refractivity (Wildman–Crippen MR) is 75.0 cm³/mol. The Labute approximate surface area is 124 Å². The number of aromatic nitrogens is 1. The Hall–Kier alpha value is -2.32. The topological polar surface area (TPSA) is 91.6 Å². The van der Waals surface area contributed by atoms with Gasteiger partial charge in [0.25, 0.3) is 5.69 Å². The van der Waals surface area contributed by atoms with Crippen molar-refractivity contribution in [2.24, 2.45) is 0 Å². The third-order valence-electron chi connectivity index (χ3n) is 2.52. The molecule has 0 aliphatic rings. The van der Waals surface area contributed by atoms with Gasteiger partial charge in [0.15, 0.2) is 5.69 Å². The van der Waals surface area contributed by atoms with Crippen LogP contribution in [0.4, 0.5) is 5.69 Å². The molecule has 0 bridgehead atoms. The lowest BCUT2D eigenvalue weighted by molar-refractivity contribution is -0.384. The normalized spacial score (nSPS) is 10.3. The zero-order chi connectivity index (χ0) is 15.2. The van der Waals surface area contributed by atoms with E-state index in [-0.39, 0.29) is 18.0 Å². The highest BCUT2D eigenvalue weighted by Gasteiger charge is 2.13. The van der Waals surface area contributed by atoms with Gasteiger partial charge in [0.1, 0.15) is 11.6 Å². The number of esters is 1. The number of benzene rings is 1. The fraction of sp³-hybridized carbons (Fsp3) is 0.231. The number of thiazole rings is 1. The van der Waals surface area contributed by atoms with Crippen molar-refractivity contribution in [2.45, 2.75) is 13.2 Å². The Morgan fingerprint density at radius 1 is 1.43 bits per heavy atom. The van der Waals surface area contributed by atoms with E-state index in [0.29, 0.717) is 17.2 Å². The molecule has 0 saturated carbocycles. The molecule has 0 amide bonds. The summed E-state index contributed by atoms with van der Waals surface area (Å²) in [5, 5.41) is 12.9. The summed E-state index contributed by atoms with van der Waals surface area (Å²) < 4.78 is 10.00. The molecule has 0 saturated heterocycles. The standard InChI is InChI=1S/C13H12N2O5S/c1-19-7-12-14-11(8-21-12)13(16)20-6-9-3-2-4-10(5-9)15(17)18/h2-5,8H,6-7H2,1H3. The zero-order valence-corrected chi connectivity index (χ0v) is 12.0. The molecular weight excluding hydrogens is 296 g/mol. The van der Waals surface area contributed by atoms with Crippen LogP contribution >= 0.6 is 11.3 Å². The molecule has 0 aliphatic heterocycles. The van der Waals surface area contributed by atoms with Gasteiger partial charge in [-0.3, -0.25) is 10.1 Å². The van der Waals surface area contributed by atoms with E-state index in [2.05, 4.69) is 4.98 Å². The van der Waals surface area contributed by atoms with E-state index in [1.165, 1.54) is 23.5 Å². The van der Waals surface area contributed by atoms with Crippen LogP contribution in [0, 0.1) is 10.1 Å². The molecule has 0 atom stereocenters. The highest BCUT2D eigenvalue weighted by molar-refractivity contribution is 7.09. The maximum atomic E-state index is 11.8. The lowest BCUT2D eigenvalue weighted by atomic mass is 10.2. The molecule has 7 nitrogen and oxygen atoms in total. The van der Waals surface area contributed by atoms with Crippen LogP contribution in [-0.4, -0.2) is 23.0 Å². The minimum atomic E-state index is -0.569. The lowest BCUT2D eigenvalue weighted by Crippen LogP contribution is -2.06. The van der Waals surface area contributed by atoms with Crippen molar-refractivity contribution >= 4 is 23.0 Å². The number of carbonyl (C=O) groups is 1. The van der Waals surface area contributed by atoms with Crippen molar-refractivity contribution in [2.75, 3.05) is 7.11 Å². The summed E-state index contributed by atoms with van der Waals surface area (Å²) in [5.41, 5.74) is 0.710. The van der Waals surface area contributed by atoms with Gasteiger partial charge >= 0.3 is 5.97 Å². The van der Waals surface area contributed by atoms with Gasteiger partial charge < -0.3 is 9.47 Å². The van der Waals surface area contributed by atoms with E-state index >= 15 is 0 Å². The van der Waals surface area contributed by atoms with Crippen molar-refractivity contribution in [3.8, 4) is 0 Å². The van der Waals surface area contributed by atoms with Gasteiger partial charge in [-0.15, -0.1) is 11.3 Å². The Morgan fingerprint density at radius 3 is 2.95 bits per heavy atom. The number of carbonyl (C=O) groups excluding carboxylic acids is 1. The van der Waals surface area contributed by atoms with Gasteiger partial charge in [-0.1, -0.05) is 12.1 Å². The molecule has 1 heterocycles. The second-order valence-electron chi connectivity index (χ2n) is 4.06. The first kappa shape index (κ1) is 15.1. The van der Waals surface area contributed by atoms with Crippen molar-refractivity contribution < 1.29 is 19.2 Å². The smallest absolute Gasteiger partial charge is 0.358 e. The van der Waals surface area contributed by atoms with E-state index in [1.807, 2.05) is 0 Å². The first-order valence-electron chi connectivity index (χ1n) is 5.94. The number of ether oxygens (including phenoxy) is 2. The SMILES string of the molecule is COCc1nc(C(=O)OCc2cccc([N+](=O)[O-])c2)cs1. The summed E-state index contributed by atoms with van der Waals surface area (Å²) in [6.45, 7) is 0.292. The largest absolute Gasteiger partial charge is 0.456 e. The van der Waals surface area contributed by atoms with Crippen LogP contribution < -0.4 is 0 Å². The molecular formula is C13H12N2O5S. The fourth-order valence-corrected chi connectivity index (χ4v) is 2.31. The second-order valence-corrected chi connectivity index (χ2v) is 5.01. The Bertz CT molecular complexity index is 656. The predicted octanol–water partition coefficient (Wildman–Crippen LogP) is 2.55.